The number of nitrogens with zero attached hydrogens (tertiary/aromatic N) is 1. The Hall–Kier alpha value is -1.75. The number of aromatic nitrogens is 1. The van der Waals surface area contributed by atoms with E-state index in [1.54, 1.807) is 43.8 Å². The summed E-state index contributed by atoms with van der Waals surface area (Å²) in [5, 5.41) is 0. The third-order valence-corrected chi connectivity index (χ3v) is 2.77. The molecular formula is C12H11BrN2O2. The van der Waals surface area contributed by atoms with E-state index in [-0.39, 0.29) is 0 Å². The van der Waals surface area contributed by atoms with Gasteiger partial charge in [-0.15, -0.1) is 0 Å². The van der Waals surface area contributed by atoms with Crippen molar-refractivity contribution in [2.45, 2.75) is 0 Å². The molecule has 0 atom stereocenters. The standard InChI is InChI=1S/C12H11BrN2O2/c1-16-8-2-3-12(10(14)6-8)17-11-4-5-15-7-9(11)13/h2-7H,14H2,1H3. The molecule has 0 aliphatic carbocycles. The van der Waals surface area contributed by atoms with Gasteiger partial charge in [0.1, 0.15) is 11.5 Å². The first kappa shape index (κ1) is 11.7. The van der Waals surface area contributed by atoms with Gasteiger partial charge in [-0.25, -0.2) is 0 Å². The summed E-state index contributed by atoms with van der Waals surface area (Å²) < 4.78 is 11.5. The third kappa shape index (κ3) is 2.68. The van der Waals surface area contributed by atoms with Crippen LogP contribution >= 0.6 is 15.9 Å². The molecule has 17 heavy (non-hydrogen) atoms. The number of benzene rings is 1. The number of halogens is 1. The lowest BCUT2D eigenvalue weighted by Gasteiger charge is -2.10. The zero-order valence-corrected chi connectivity index (χ0v) is 10.8. The smallest absolute Gasteiger partial charge is 0.150 e. The van der Waals surface area contributed by atoms with Gasteiger partial charge in [0.15, 0.2) is 5.75 Å². The highest BCUT2D eigenvalue weighted by atomic mass is 79.9. The summed E-state index contributed by atoms with van der Waals surface area (Å²) in [6.07, 6.45) is 3.31. The van der Waals surface area contributed by atoms with Crippen molar-refractivity contribution in [2.24, 2.45) is 0 Å². The molecule has 0 bridgehead atoms. The number of nitrogen functional groups attached to an aromatic ring is 1. The molecule has 0 saturated carbocycles. The Morgan fingerprint density at radius 3 is 2.71 bits per heavy atom. The zero-order chi connectivity index (χ0) is 12.3. The molecule has 1 heterocycles. The molecule has 88 valence electrons. The number of rotatable bonds is 3. The topological polar surface area (TPSA) is 57.4 Å². The minimum atomic E-state index is 0.521. The van der Waals surface area contributed by atoms with E-state index in [1.807, 2.05) is 0 Å². The quantitative estimate of drug-likeness (QED) is 0.883. The van der Waals surface area contributed by atoms with Crippen LogP contribution in [0.25, 0.3) is 0 Å². The number of anilines is 1. The first-order valence-corrected chi connectivity index (χ1v) is 5.71. The summed E-state index contributed by atoms with van der Waals surface area (Å²) >= 11 is 3.35. The van der Waals surface area contributed by atoms with Crippen molar-refractivity contribution in [3.05, 3.63) is 41.1 Å². The number of hydrogen-bond acceptors (Lipinski definition) is 4. The van der Waals surface area contributed by atoms with Crippen LogP contribution in [0.2, 0.25) is 0 Å². The number of hydrogen-bond donors (Lipinski definition) is 1. The Labute approximate surface area is 108 Å². The fourth-order valence-corrected chi connectivity index (χ4v) is 1.64. The molecule has 1 aromatic carbocycles. The van der Waals surface area contributed by atoms with E-state index < -0.39 is 0 Å². The van der Waals surface area contributed by atoms with Crippen LogP contribution in [-0.2, 0) is 0 Å². The first-order valence-electron chi connectivity index (χ1n) is 4.91. The molecule has 5 heteroatoms. The maximum Gasteiger partial charge on any atom is 0.150 e. The van der Waals surface area contributed by atoms with E-state index in [2.05, 4.69) is 20.9 Å². The highest BCUT2D eigenvalue weighted by molar-refractivity contribution is 9.10. The summed E-state index contributed by atoms with van der Waals surface area (Å²) in [4.78, 5) is 3.96. The molecule has 0 radical (unpaired) electrons. The average Bonchev–Trinajstić information content (AvgIpc) is 2.34. The fraction of sp³-hybridized carbons (Fsp3) is 0.0833. The van der Waals surface area contributed by atoms with Crippen molar-refractivity contribution in [3.63, 3.8) is 0 Å². The normalized spacial score (nSPS) is 10.0. The molecule has 1 aromatic heterocycles. The lowest BCUT2D eigenvalue weighted by Crippen LogP contribution is -1.94. The van der Waals surface area contributed by atoms with Crippen LogP contribution in [0, 0.1) is 0 Å². The van der Waals surface area contributed by atoms with E-state index in [0.717, 1.165) is 4.47 Å². The predicted molar refractivity (Wildman–Crippen MR) is 69.4 cm³/mol. The van der Waals surface area contributed by atoms with Crippen molar-refractivity contribution in [2.75, 3.05) is 12.8 Å². The van der Waals surface area contributed by atoms with E-state index >= 15 is 0 Å². The van der Waals surface area contributed by atoms with Gasteiger partial charge >= 0.3 is 0 Å². The third-order valence-electron chi connectivity index (χ3n) is 2.17. The molecular weight excluding hydrogens is 284 g/mol. The maximum atomic E-state index is 5.86. The molecule has 2 N–H and O–H groups in total. The van der Waals surface area contributed by atoms with Crippen LogP contribution < -0.4 is 15.2 Å². The molecule has 0 aliphatic rings. The lowest BCUT2D eigenvalue weighted by atomic mass is 10.3. The zero-order valence-electron chi connectivity index (χ0n) is 9.18. The molecule has 0 spiro atoms. The highest BCUT2D eigenvalue weighted by Crippen LogP contribution is 2.33. The Bertz CT molecular complexity index is 532. The number of nitrogens with two attached hydrogens (primary N) is 1. The molecule has 0 amide bonds. The monoisotopic (exact) mass is 294 g/mol. The SMILES string of the molecule is COc1ccc(Oc2ccncc2Br)c(N)c1. The van der Waals surface area contributed by atoms with Gasteiger partial charge in [-0.1, -0.05) is 0 Å². The Morgan fingerprint density at radius 2 is 2.06 bits per heavy atom. The highest BCUT2D eigenvalue weighted by Gasteiger charge is 2.06. The van der Waals surface area contributed by atoms with Gasteiger partial charge in [-0.05, 0) is 28.1 Å². The van der Waals surface area contributed by atoms with Crippen LogP contribution in [0.15, 0.2) is 41.1 Å². The summed E-state index contributed by atoms with van der Waals surface area (Å²) in [7, 11) is 1.59. The minimum Gasteiger partial charge on any atom is -0.497 e. The summed E-state index contributed by atoms with van der Waals surface area (Å²) in [6, 6.07) is 7.03. The van der Waals surface area contributed by atoms with Crippen molar-refractivity contribution in [3.8, 4) is 17.2 Å². The molecule has 0 aliphatic heterocycles. The van der Waals surface area contributed by atoms with E-state index in [0.29, 0.717) is 22.9 Å². The van der Waals surface area contributed by atoms with Gasteiger partial charge in [0.25, 0.3) is 0 Å². The number of methoxy groups -OCH3 is 1. The van der Waals surface area contributed by atoms with Crippen molar-refractivity contribution >= 4 is 21.6 Å². The first-order chi connectivity index (χ1) is 8.20. The van der Waals surface area contributed by atoms with Crippen LogP contribution in [0.4, 0.5) is 5.69 Å². The van der Waals surface area contributed by atoms with Crippen LogP contribution in [0.3, 0.4) is 0 Å². The molecule has 2 rings (SSSR count). The Morgan fingerprint density at radius 1 is 1.24 bits per heavy atom. The minimum absolute atomic E-state index is 0.521. The lowest BCUT2D eigenvalue weighted by molar-refractivity contribution is 0.413. The molecule has 2 aromatic rings. The second-order valence-corrected chi connectivity index (χ2v) is 4.17. The fourth-order valence-electron chi connectivity index (χ4n) is 1.31. The van der Waals surface area contributed by atoms with Gasteiger partial charge in [0.2, 0.25) is 0 Å². The van der Waals surface area contributed by atoms with Crippen molar-refractivity contribution < 1.29 is 9.47 Å². The number of pyridine rings is 1. The van der Waals surface area contributed by atoms with Gasteiger partial charge in [-0.3, -0.25) is 4.98 Å². The van der Waals surface area contributed by atoms with Gasteiger partial charge < -0.3 is 15.2 Å². The van der Waals surface area contributed by atoms with Crippen LogP contribution in [0.1, 0.15) is 0 Å². The largest absolute Gasteiger partial charge is 0.497 e. The van der Waals surface area contributed by atoms with E-state index in [1.165, 1.54) is 0 Å². The molecule has 4 nitrogen and oxygen atoms in total. The Balaban J connectivity index is 2.28. The molecule has 0 unspecified atom stereocenters. The summed E-state index contributed by atoms with van der Waals surface area (Å²) in [5.41, 5.74) is 6.38. The van der Waals surface area contributed by atoms with Crippen LogP contribution in [-0.4, -0.2) is 12.1 Å². The van der Waals surface area contributed by atoms with E-state index in [4.69, 9.17) is 15.2 Å². The Kier molecular flexibility index (Phi) is 3.49. The van der Waals surface area contributed by atoms with Gasteiger partial charge in [0, 0.05) is 24.5 Å². The average molecular weight is 295 g/mol. The predicted octanol–water partition coefficient (Wildman–Crippen LogP) is 3.23. The second-order valence-electron chi connectivity index (χ2n) is 3.31. The second kappa shape index (κ2) is 5.05. The molecule has 0 fully saturated rings. The van der Waals surface area contributed by atoms with Crippen molar-refractivity contribution in [1.82, 2.24) is 4.98 Å². The summed E-state index contributed by atoms with van der Waals surface area (Å²) in [6.45, 7) is 0. The van der Waals surface area contributed by atoms with E-state index in [9.17, 15) is 0 Å². The van der Waals surface area contributed by atoms with Gasteiger partial charge in [-0.2, -0.15) is 0 Å². The summed E-state index contributed by atoms with van der Waals surface area (Å²) in [5.74, 6) is 1.94. The van der Waals surface area contributed by atoms with Gasteiger partial charge in [0.05, 0.1) is 17.3 Å². The van der Waals surface area contributed by atoms with Crippen LogP contribution in [0.5, 0.6) is 17.2 Å². The number of ether oxygens (including phenoxy) is 2. The molecule has 0 saturated heterocycles. The van der Waals surface area contributed by atoms with Crippen molar-refractivity contribution in [1.29, 1.82) is 0 Å². The maximum absolute atomic E-state index is 5.86.